The van der Waals surface area contributed by atoms with Gasteiger partial charge in [-0.25, -0.2) is 8.42 Å². The van der Waals surface area contributed by atoms with Gasteiger partial charge in [0.2, 0.25) is 5.91 Å². The van der Waals surface area contributed by atoms with Crippen molar-refractivity contribution in [2.75, 3.05) is 24.5 Å². The lowest BCUT2D eigenvalue weighted by atomic mass is 10.1. The number of nitrogens with zero attached hydrogens (tertiary/aromatic N) is 1. The van der Waals surface area contributed by atoms with Gasteiger partial charge in [-0.05, 0) is 48.7 Å². The predicted molar refractivity (Wildman–Crippen MR) is 127 cm³/mol. The third-order valence-corrected chi connectivity index (χ3v) is 6.84. The fraction of sp³-hybridized carbons (Fsp3) is 0.208. The molecule has 0 radical (unpaired) electrons. The molecule has 32 heavy (non-hydrogen) atoms. The van der Waals surface area contributed by atoms with Crippen molar-refractivity contribution in [3.8, 4) is 5.75 Å². The van der Waals surface area contributed by atoms with E-state index in [4.69, 9.17) is 16.3 Å². The predicted octanol–water partition coefficient (Wildman–Crippen LogP) is 4.29. The second kappa shape index (κ2) is 11.0. The maximum Gasteiger partial charge on any atom is 0.264 e. The zero-order valence-electron chi connectivity index (χ0n) is 17.7. The highest BCUT2D eigenvalue weighted by molar-refractivity contribution is 7.92. The molecule has 3 aromatic rings. The quantitative estimate of drug-likeness (QED) is 0.446. The fourth-order valence-corrected chi connectivity index (χ4v) is 4.84. The van der Waals surface area contributed by atoms with Gasteiger partial charge in [-0.1, -0.05) is 60.1 Å². The number of carbonyl (C=O) groups is 1. The van der Waals surface area contributed by atoms with E-state index in [-0.39, 0.29) is 10.6 Å². The Balaban J connectivity index is 1.79. The van der Waals surface area contributed by atoms with Gasteiger partial charge >= 0.3 is 0 Å². The van der Waals surface area contributed by atoms with E-state index in [1.54, 1.807) is 30.3 Å². The number of anilines is 1. The van der Waals surface area contributed by atoms with E-state index in [0.717, 1.165) is 17.1 Å². The Labute approximate surface area is 193 Å². The molecular formula is C24H25ClN2O4S. The minimum atomic E-state index is -4.04. The standard InChI is InChI=1S/C24H25ClN2O4S/c1-31-23-15-14-20(25)17-22(23)27(32(29,30)21-12-6-3-7-13-21)18-24(28)26-16-8-11-19-9-4-2-5-10-19/h2-7,9-10,12-15,17H,8,11,16,18H2,1H3,(H,26,28). The summed E-state index contributed by atoms with van der Waals surface area (Å²) in [5.41, 5.74) is 1.38. The Hall–Kier alpha value is -3.03. The molecule has 1 N–H and O–H groups in total. The minimum absolute atomic E-state index is 0.0684. The molecular weight excluding hydrogens is 448 g/mol. The lowest BCUT2D eigenvalue weighted by Crippen LogP contribution is -2.41. The lowest BCUT2D eigenvalue weighted by Gasteiger charge is -2.25. The highest BCUT2D eigenvalue weighted by atomic mass is 35.5. The number of benzene rings is 3. The summed E-state index contributed by atoms with van der Waals surface area (Å²) >= 11 is 6.13. The highest BCUT2D eigenvalue weighted by Crippen LogP contribution is 2.34. The average molecular weight is 473 g/mol. The number of rotatable bonds is 10. The van der Waals surface area contributed by atoms with Gasteiger partial charge in [-0.3, -0.25) is 9.10 Å². The summed E-state index contributed by atoms with van der Waals surface area (Å²) in [6, 6.07) is 22.6. The van der Waals surface area contributed by atoms with Gasteiger partial charge in [0.25, 0.3) is 10.0 Å². The second-order valence-electron chi connectivity index (χ2n) is 7.08. The van der Waals surface area contributed by atoms with Crippen LogP contribution in [0.3, 0.4) is 0 Å². The number of carbonyl (C=O) groups excluding carboxylic acids is 1. The number of amides is 1. The SMILES string of the molecule is COc1ccc(Cl)cc1N(CC(=O)NCCCc1ccccc1)S(=O)(=O)c1ccccc1. The summed E-state index contributed by atoms with van der Waals surface area (Å²) in [5, 5.41) is 3.14. The van der Waals surface area contributed by atoms with E-state index < -0.39 is 22.5 Å². The molecule has 0 aliphatic carbocycles. The number of nitrogens with one attached hydrogen (secondary N) is 1. The topological polar surface area (TPSA) is 75.7 Å². The van der Waals surface area contributed by atoms with Crippen LogP contribution in [-0.4, -0.2) is 34.5 Å². The summed E-state index contributed by atoms with van der Waals surface area (Å²) in [5.74, 6) is -0.120. The summed E-state index contributed by atoms with van der Waals surface area (Å²) in [6.45, 7) is 0.0267. The third-order valence-electron chi connectivity index (χ3n) is 4.84. The van der Waals surface area contributed by atoms with Crippen LogP contribution in [0.2, 0.25) is 5.02 Å². The smallest absolute Gasteiger partial charge is 0.264 e. The largest absolute Gasteiger partial charge is 0.495 e. The van der Waals surface area contributed by atoms with Crippen LogP contribution < -0.4 is 14.4 Å². The van der Waals surface area contributed by atoms with Crippen LogP contribution in [-0.2, 0) is 21.2 Å². The van der Waals surface area contributed by atoms with Crippen molar-refractivity contribution in [3.63, 3.8) is 0 Å². The van der Waals surface area contributed by atoms with Crippen LogP contribution in [0.15, 0.2) is 83.8 Å². The summed E-state index contributed by atoms with van der Waals surface area (Å²) in [6.07, 6.45) is 1.55. The second-order valence-corrected chi connectivity index (χ2v) is 9.38. The number of ether oxygens (including phenoxy) is 1. The number of hydrogen-bond acceptors (Lipinski definition) is 4. The molecule has 0 aliphatic heterocycles. The number of hydrogen-bond donors (Lipinski definition) is 1. The molecule has 0 aromatic heterocycles. The first-order valence-electron chi connectivity index (χ1n) is 10.1. The number of halogens is 1. The normalized spacial score (nSPS) is 11.1. The van der Waals surface area contributed by atoms with Crippen LogP contribution >= 0.6 is 11.6 Å². The van der Waals surface area contributed by atoms with Gasteiger partial charge in [0.15, 0.2) is 0 Å². The Kier molecular flexibility index (Phi) is 8.14. The molecule has 6 nitrogen and oxygen atoms in total. The van der Waals surface area contributed by atoms with Crippen molar-refractivity contribution in [2.45, 2.75) is 17.7 Å². The minimum Gasteiger partial charge on any atom is -0.495 e. The van der Waals surface area contributed by atoms with Gasteiger partial charge in [-0.15, -0.1) is 0 Å². The van der Waals surface area contributed by atoms with Crippen molar-refractivity contribution in [1.29, 1.82) is 0 Å². The molecule has 168 valence electrons. The molecule has 8 heteroatoms. The van der Waals surface area contributed by atoms with Gasteiger partial charge in [0, 0.05) is 11.6 Å². The molecule has 0 saturated heterocycles. The van der Waals surface area contributed by atoms with Crippen molar-refractivity contribution < 1.29 is 17.9 Å². The number of sulfonamides is 1. The Morgan fingerprint density at radius 1 is 1.00 bits per heavy atom. The Morgan fingerprint density at radius 3 is 2.31 bits per heavy atom. The van der Waals surface area contributed by atoms with E-state index in [2.05, 4.69) is 5.32 Å². The highest BCUT2D eigenvalue weighted by Gasteiger charge is 2.29. The maximum atomic E-state index is 13.4. The molecule has 0 aliphatic rings. The van der Waals surface area contributed by atoms with Gasteiger partial charge in [0.1, 0.15) is 12.3 Å². The summed E-state index contributed by atoms with van der Waals surface area (Å²) in [4.78, 5) is 12.8. The van der Waals surface area contributed by atoms with Crippen molar-refractivity contribution in [2.24, 2.45) is 0 Å². The molecule has 0 unspecified atom stereocenters. The van der Waals surface area contributed by atoms with E-state index >= 15 is 0 Å². The van der Waals surface area contributed by atoms with Crippen LogP contribution in [0, 0.1) is 0 Å². The molecule has 0 bridgehead atoms. The van der Waals surface area contributed by atoms with Crippen molar-refractivity contribution >= 4 is 33.2 Å². The first-order chi connectivity index (χ1) is 15.4. The molecule has 0 heterocycles. The molecule has 0 atom stereocenters. The zero-order valence-corrected chi connectivity index (χ0v) is 19.3. The average Bonchev–Trinajstić information content (AvgIpc) is 2.81. The molecule has 0 saturated carbocycles. The molecule has 0 fully saturated rings. The van der Waals surface area contributed by atoms with E-state index in [9.17, 15) is 13.2 Å². The van der Waals surface area contributed by atoms with Crippen LogP contribution in [0.25, 0.3) is 0 Å². The van der Waals surface area contributed by atoms with Crippen LogP contribution in [0.4, 0.5) is 5.69 Å². The first kappa shape index (κ1) is 23.6. The number of methoxy groups -OCH3 is 1. The van der Waals surface area contributed by atoms with Gasteiger partial charge in [-0.2, -0.15) is 0 Å². The van der Waals surface area contributed by atoms with E-state index in [1.165, 1.54) is 30.9 Å². The van der Waals surface area contributed by atoms with Crippen molar-refractivity contribution in [1.82, 2.24) is 5.32 Å². The van der Waals surface area contributed by atoms with Crippen molar-refractivity contribution in [3.05, 3.63) is 89.4 Å². The monoisotopic (exact) mass is 472 g/mol. The van der Waals surface area contributed by atoms with Gasteiger partial charge < -0.3 is 10.1 Å². The molecule has 1 amide bonds. The lowest BCUT2D eigenvalue weighted by molar-refractivity contribution is -0.119. The van der Waals surface area contributed by atoms with Crippen LogP contribution in [0.5, 0.6) is 5.75 Å². The fourth-order valence-electron chi connectivity index (χ4n) is 3.23. The number of aryl methyl sites for hydroxylation is 1. The maximum absolute atomic E-state index is 13.4. The van der Waals surface area contributed by atoms with E-state index in [0.29, 0.717) is 17.3 Å². The van der Waals surface area contributed by atoms with E-state index in [1.807, 2.05) is 30.3 Å². The third kappa shape index (κ3) is 6.02. The first-order valence-corrected chi connectivity index (χ1v) is 12.0. The summed E-state index contributed by atoms with van der Waals surface area (Å²) in [7, 11) is -2.60. The Morgan fingerprint density at radius 2 is 1.66 bits per heavy atom. The van der Waals surface area contributed by atoms with Crippen LogP contribution in [0.1, 0.15) is 12.0 Å². The summed E-state index contributed by atoms with van der Waals surface area (Å²) < 4.78 is 33.2. The molecule has 3 aromatic carbocycles. The molecule has 0 spiro atoms. The Bertz CT molecular complexity index is 1140. The van der Waals surface area contributed by atoms with Gasteiger partial charge in [0.05, 0.1) is 17.7 Å². The zero-order chi connectivity index (χ0) is 23.0. The molecule has 3 rings (SSSR count).